The number of methoxy groups -OCH3 is 1. The lowest BCUT2D eigenvalue weighted by molar-refractivity contribution is -0.131. The van der Waals surface area contributed by atoms with Crippen molar-refractivity contribution in [2.24, 2.45) is 5.92 Å². The standard InChI is InChI=1S/C43H58N4O10/c1-30(2)39(47(3)43(52)57-40-35-13-7-5-11-33(35)34-12-6-8-14-36(34)40)42(51)46-37(41(50)45-32-18-16-31(29-48)17-19-32)15-9-10-21-44-38(49)20-22-54-25-26-56-28-27-55-24-23-53-4/h5-8,11-14,16-19,30,37,39-40,48H,9-10,15,20-29H2,1-4H3,(H,44,49)(H,45,50)(H,46,51)/t37-,39-/m0/s1. The smallest absolute Gasteiger partial charge is 0.411 e. The molecule has 1 aliphatic rings. The molecule has 310 valence electrons. The maximum Gasteiger partial charge on any atom is 0.411 e. The summed E-state index contributed by atoms with van der Waals surface area (Å²) in [6.07, 6.45) is 0.242. The molecule has 4 amide bonds. The summed E-state index contributed by atoms with van der Waals surface area (Å²) in [5.41, 5.74) is 4.93. The predicted octanol–water partition coefficient (Wildman–Crippen LogP) is 4.84. The predicted molar refractivity (Wildman–Crippen MR) is 215 cm³/mol. The summed E-state index contributed by atoms with van der Waals surface area (Å²) in [6, 6.07) is 20.4. The van der Waals surface area contributed by atoms with Crippen LogP contribution in [0.3, 0.4) is 0 Å². The van der Waals surface area contributed by atoms with Crippen LogP contribution in [0.25, 0.3) is 11.1 Å². The molecule has 0 aromatic heterocycles. The maximum atomic E-state index is 14.0. The minimum Gasteiger partial charge on any atom is -0.436 e. The van der Waals surface area contributed by atoms with Gasteiger partial charge in [0, 0.05) is 43.9 Å². The third kappa shape index (κ3) is 13.9. The Balaban J connectivity index is 1.29. The summed E-state index contributed by atoms with van der Waals surface area (Å²) in [5.74, 6) is -1.41. The summed E-state index contributed by atoms with van der Waals surface area (Å²) >= 11 is 0. The Bertz CT molecular complexity index is 1670. The second-order valence-corrected chi connectivity index (χ2v) is 14.1. The molecule has 0 spiro atoms. The number of anilines is 1. The van der Waals surface area contributed by atoms with Gasteiger partial charge in [-0.25, -0.2) is 4.79 Å². The van der Waals surface area contributed by atoms with Gasteiger partial charge in [0.2, 0.25) is 17.7 Å². The van der Waals surface area contributed by atoms with E-state index in [2.05, 4.69) is 16.0 Å². The Labute approximate surface area is 335 Å². The Morgan fingerprint density at radius 1 is 0.754 bits per heavy atom. The highest BCUT2D eigenvalue weighted by Gasteiger charge is 2.37. The fraction of sp³-hybridized carbons (Fsp3) is 0.488. The van der Waals surface area contributed by atoms with Gasteiger partial charge in [-0.1, -0.05) is 74.5 Å². The van der Waals surface area contributed by atoms with E-state index in [9.17, 15) is 24.3 Å². The minimum absolute atomic E-state index is 0.135. The molecule has 3 aromatic rings. The van der Waals surface area contributed by atoms with E-state index in [0.717, 1.165) is 22.3 Å². The zero-order valence-corrected chi connectivity index (χ0v) is 33.5. The van der Waals surface area contributed by atoms with E-state index in [4.69, 9.17) is 23.7 Å². The van der Waals surface area contributed by atoms with Crippen LogP contribution in [-0.4, -0.2) is 113 Å². The van der Waals surface area contributed by atoms with Gasteiger partial charge in [-0.05, 0) is 54.0 Å². The molecule has 14 heteroatoms. The van der Waals surface area contributed by atoms with Crippen LogP contribution in [0.1, 0.15) is 62.3 Å². The second-order valence-electron chi connectivity index (χ2n) is 14.1. The lowest BCUT2D eigenvalue weighted by Crippen LogP contribution is -2.55. The SMILES string of the molecule is COCCOCCOCCOCCC(=O)NCCCC[C@H](NC(=O)[C@H](C(C)C)N(C)C(=O)OC1c2ccccc2-c2ccccc21)C(=O)Nc1ccc(CO)cc1. The molecule has 0 saturated heterocycles. The molecule has 2 atom stereocenters. The number of nitrogens with zero attached hydrogens (tertiary/aromatic N) is 1. The van der Waals surface area contributed by atoms with Crippen molar-refractivity contribution >= 4 is 29.5 Å². The van der Waals surface area contributed by atoms with Crippen molar-refractivity contribution < 1.29 is 48.0 Å². The third-order valence-corrected chi connectivity index (χ3v) is 9.53. The Morgan fingerprint density at radius 3 is 1.91 bits per heavy atom. The number of fused-ring (bicyclic) bond motifs is 3. The van der Waals surface area contributed by atoms with Crippen LogP contribution in [0.2, 0.25) is 0 Å². The molecule has 57 heavy (non-hydrogen) atoms. The van der Waals surface area contributed by atoms with Gasteiger partial charge in [-0.15, -0.1) is 0 Å². The molecule has 4 rings (SSSR count). The van der Waals surface area contributed by atoms with E-state index in [1.165, 1.54) is 11.9 Å². The van der Waals surface area contributed by atoms with Crippen molar-refractivity contribution in [1.29, 1.82) is 0 Å². The van der Waals surface area contributed by atoms with Crippen molar-refractivity contribution in [3.05, 3.63) is 89.5 Å². The first-order valence-corrected chi connectivity index (χ1v) is 19.6. The number of carbonyl (C=O) groups is 4. The number of carbonyl (C=O) groups excluding carboxylic acids is 4. The van der Waals surface area contributed by atoms with Gasteiger partial charge in [-0.2, -0.15) is 0 Å². The third-order valence-electron chi connectivity index (χ3n) is 9.53. The first kappa shape index (κ1) is 44.8. The Hall–Kier alpha value is -4.86. The van der Waals surface area contributed by atoms with E-state index in [0.29, 0.717) is 70.3 Å². The highest BCUT2D eigenvalue weighted by Crippen LogP contribution is 2.45. The van der Waals surface area contributed by atoms with Gasteiger partial charge in [0.25, 0.3) is 0 Å². The summed E-state index contributed by atoms with van der Waals surface area (Å²) < 4.78 is 27.2. The lowest BCUT2D eigenvalue weighted by Gasteiger charge is -2.32. The number of aliphatic hydroxyl groups excluding tert-OH is 1. The molecular weight excluding hydrogens is 732 g/mol. The Morgan fingerprint density at radius 2 is 1.33 bits per heavy atom. The number of benzene rings is 3. The van der Waals surface area contributed by atoms with Gasteiger partial charge in [0.05, 0.1) is 52.9 Å². The molecule has 0 saturated carbocycles. The van der Waals surface area contributed by atoms with Crippen LogP contribution in [0.15, 0.2) is 72.8 Å². The summed E-state index contributed by atoms with van der Waals surface area (Å²) in [6.45, 7) is 6.91. The number of nitrogens with one attached hydrogen (secondary N) is 3. The number of unbranched alkanes of at least 4 members (excludes halogenated alkanes) is 1. The molecule has 0 heterocycles. The zero-order valence-electron chi connectivity index (χ0n) is 33.5. The number of hydrogen-bond donors (Lipinski definition) is 4. The molecule has 0 fully saturated rings. The minimum atomic E-state index is -0.947. The van der Waals surface area contributed by atoms with Crippen LogP contribution in [0.4, 0.5) is 10.5 Å². The fourth-order valence-electron chi connectivity index (χ4n) is 6.55. The van der Waals surface area contributed by atoms with Crippen LogP contribution >= 0.6 is 0 Å². The number of likely N-dealkylation sites (N-methyl/N-ethyl adjacent to an activating group) is 1. The van der Waals surface area contributed by atoms with Gasteiger partial charge < -0.3 is 44.7 Å². The van der Waals surface area contributed by atoms with E-state index < -0.39 is 36.1 Å². The van der Waals surface area contributed by atoms with Crippen LogP contribution < -0.4 is 16.0 Å². The normalized spacial score (nSPS) is 13.0. The van der Waals surface area contributed by atoms with Crippen LogP contribution in [0, 0.1) is 5.92 Å². The fourth-order valence-corrected chi connectivity index (χ4v) is 6.55. The van der Waals surface area contributed by atoms with Gasteiger partial charge in [0.15, 0.2) is 6.10 Å². The molecule has 14 nitrogen and oxygen atoms in total. The van der Waals surface area contributed by atoms with Gasteiger partial charge in [-0.3, -0.25) is 19.3 Å². The Kier molecular flexibility index (Phi) is 18.9. The second kappa shape index (κ2) is 24.0. The first-order valence-electron chi connectivity index (χ1n) is 19.6. The topological polar surface area (TPSA) is 174 Å². The van der Waals surface area contributed by atoms with Gasteiger partial charge in [0.1, 0.15) is 12.1 Å². The van der Waals surface area contributed by atoms with Crippen molar-refractivity contribution in [3.8, 4) is 11.1 Å². The quantitative estimate of drug-likeness (QED) is 0.0871. The van der Waals surface area contributed by atoms with Crippen LogP contribution in [-0.2, 0) is 44.7 Å². The number of hydrogen-bond acceptors (Lipinski definition) is 10. The molecule has 1 aliphatic carbocycles. The average Bonchev–Trinajstić information content (AvgIpc) is 3.52. The average molecular weight is 791 g/mol. The number of amides is 4. The van der Waals surface area contributed by atoms with E-state index >= 15 is 0 Å². The molecule has 0 bridgehead atoms. The van der Waals surface area contributed by atoms with E-state index in [-0.39, 0.29) is 37.9 Å². The molecule has 0 unspecified atom stereocenters. The molecule has 0 radical (unpaired) electrons. The monoisotopic (exact) mass is 790 g/mol. The van der Waals surface area contributed by atoms with Crippen molar-refractivity contribution in [2.45, 2.75) is 64.3 Å². The van der Waals surface area contributed by atoms with E-state index in [1.54, 1.807) is 31.4 Å². The molecule has 0 aliphatic heterocycles. The van der Waals surface area contributed by atoms with Gasteiger partial charge >= 0.3 is 6.09 Å². The summed E-state index contributed by atoms with van der Waals surface area (Å²) in [5, 5.41) is 18.0. The number of aliphatic hydroxyl groups is 1. The van der Waals surface area contributed by atoms with Crippen molar-refractivity contribution in [2.75, 3.05) is 72.3 Å². The van der Waals surface area contributed by atoms with E-state index in [1.807, 2.05) is 62.4 Å². The molecular formula is C43H58N4O10. The number of rotatable bonds is 25. The lowest BCUT2D eigenvalue weighted by atomic mass is 10.0. The van der Waals surface area contributed by atoms with Crippen molar-refractivity contribution in [1.82, 2.24) is 15.5 Å². The highest BCUT2D eigenvalue weighted by molar-refractivity contribution is 5.98. The molecule has 4 N–H and O–H groups in total. The summed E-state index contributed by atoms with van der Waals surface area (Å²) in [7, 11) is 3.14. The van der Waals surface area contributed by atoms with Crippen LogP contribution in [0.5, 0.6) is 0 Å². The first-order chi connectivity index (χ1) is 27.6. The largest absolute Gasteiger partial charge is 0.436 e. The maximum absolute atomic E-state index is 14.0. The summed E-state index contributed by atoms with van der Waals surface area (Å²) in [4.78, 5) is 55.0. The van der Waals surface area contributed by atoms with Crippen molar-refractivity contribution in [3.63, 3.8) is 0 Å². The number of ether oxygens (including phenoxy) is 5. The zero-order chi connectivity index (χ0) is 41.0. The highest BCUT2D eigenvalue weighted by atomic mass is 16.6. The molecule has 3 aromatic carbocycles.